The molecule has 0 aliphatic heterocycles. The second kappa shape index (κ2) is 6.60. The second-order valence-electron chi connectivity index (χ2n) is 5.31. The standard InChI is InChI=1S/C15H22ClNO2/c1-19-14-7-5-6-13(16)12(14)10-17-11-15(18)8-3-2-4-9-15/h5-7,17-18H,2-4,8-11H2,1H3. The van der Waals surface area contributed by atoms with Gasteiger partial charge in [-0.15, -0.1) is 0 Å². The molecule has 0 saturated heterocycles. The molecule has 1 aliphatic rings. The van der Waals surface area contributed by atoms with Crippen molar-refractivity contribution in [3.63, 3.8) is 0 Å². The smallest absolute Gasteiger partial charge is 0.124 e. The number of hydrogen-bond acceptors (Lipinski definition) is 3. The van der Waals surface area contributed by atoms with Gasteiger partial charge in [-0.25, -0.2) is 0 Å². The third kappa shape index (κ3) is 3.85. The Morgan fingerprint density at radius 3 is 2.74 bits per heavy atom. The van der Waals surface area contributed by atoms with E-state index in [2.05, 4.69) is 5.32 Å². The molecule has 0 spiro atoms. The molecule has 1 aliphatic carbocycles. The zero-order valence-corrected chi connectivity index (χ0v) is 12.2. The second-order valence-corrected chi connectivity index (χ2v) is 5.72. The van der Waals surface area contributed by atoms with Gasteiger partial charge in [0.05, 0.1) is 12.7 Å². The van der Waals surface area contributed by atoms with Crippen LogP contribution >= 0.6 is 11.6 Å². The Balaban J connectivity index is 1.92. The number of ether oxygens (including phenoxy) is 1. The molecule has 0 bridgehead atoms. The molecule has 0 unspecified atom stereocenters. The van der Waals surface area contributed by atoms with E-state index in [9.17, 15) is 5.11 Å². The van der Waals surface area contributed by atoms with Crippen molar-refractivity contribution in [2.75, 3.05) is 13.7 Å². The van der Waals surface area contributed by atoms with Gasteiger partial charge in [-0.2, -0.15) is 0 Å². The molecule has 1 aromatic rings. The van der Waals surface area contributed by atoms with Crippen molar-refractivity contribution in [1.82, 2.24) is 5.32 Å². The predicted octanol–water partition coefficient (Wildman–Crippen LogP) is 3.13. The summed E-state index contributed by atoms with van der Waals surface area (Å²) in [6.07, 6.45) is 5.25. The van der Waals surface area contributed by atoms with E-state index in [1.54, 1.807) is 7.11 Å². The minimum absolute atomic E-state index is 0.549. The highest BCUT2D eigenvalue weighted by atomic mass is 35.5. The summed E-state index contributed by atoms with van der Waals surface area (Å²) in [6.45, 7) is 1.23. The van der Waals surface area contributed by atoms with Crippen LogP contribution < -0.4 is 10.1 Å². The molecule has 2 rings (SSSR count). The number of halogens is 1. The molecule has 1 aromatic carbocycles. The predicted molar refractivity (Wildman–Crippen MR) is 77.7 cm³/mol. The molecule has 106 valence electrons. The Hall–Kier alpha value is -0.770. The third-order valence-electron chi connectivity index (χ3n) is 3.84. The topological polar surface area (TPSA) is 41.5 Å². The summed E-state index contributed by atoms with van der Waals surface area (Å²) in [5.74, 6) is 0.788. The lowest BCUT2D eigenvalue weighted by Crippen LogP contribution is -2.41. The van der Waals surface area contributed by atoms with Gasteiger partial charge in [0.2, 0.25) is 0 Å². The molecule has 0 aromatic heterocycles. The van der Waals surface area contributed by atoms with Crippen LogP contribution in [-0.2, 0) is 6.54 Å². The van der Waals surface area contributed by atoms with Crippen LogP contribution in [0.4, 0.5) is 0 Å². The quantitative estimate of drug-likeness (QED) is 0.872. The molecule has 19 heavy (non-hydrogen) atoms. The zero-order chi connectivity index (χ0) is 13.7. The zero-order valence-electron chi connectivity index (χ0n) is 11.4. The Kier molecular flexibility index (Phi) is 5.08. The Labute approximate surface area is 119 Å². The highest BCUT2D eigenvalue weighted by molar-refractivity contribution is 6.31. The first kappa shape index (κ1) is 14.6. The molecule has 0 amide bonds. The van der Waals surface area contributed by atoms with Crippen molar-refractivity contribution in [3.05, 3.63) is 28.8 Å². The van der Waals surface area contributed by atoms with Crippen LogP contribution in [0.3, 0.4) is 0 Å². The van der Waals surface area contributed by atoms with Gasteiger partial charge in [0, 0.05) is 23.7 Å². The van der Waals surface area contributed by atoms with E-state index in [1.807, 2.05) is 18.2 Å². The van der Waals surface area contributed by atoms with Crippen LogP contribution in [0.25, 0.3) is 0 Å². The molecule has 3 nitrogen and oxygen atoms in total. The van der Waals surface area contributed by atoms with Gasteiger partial charge in [0.25, 0.3) is 0 Å². The summed E-state index contributed by atoms with van der Waals surface area (Å²) in [5, 5.41) is 14.4. The number of nitrogens with one attached hydrogen (secondary N) is 1. The minimum atomic E-state index is -0.549. The van der Waals surface area contributed by atoms with E-state index in [-0.39, 0.29) is 0 Å². The van der Waals surface area contributed by atoms with Crippen molar-refractivity contribution >= 4 is 11.6 Å². The summed E-state index contributed by atoms with van der Waals surface area (Å²) in [7, 11) is 1.64. The minimum Gasteiger partial charge on any atom is -0.496 e. The average molecular weight is 284 g/mol. The largest absolute Gasteiger partial charge is 0.496 e. The van der Waals surface area contributed by atoms with Crippen molar-refractivity contribution in [3.8, 4) is 5.75 Å². The first-order valence-electron chi connectivity index (χ1n) is 6.89. The van der Waals surface area contributed by atoms with Gasteiger partial charge in [-0.1, -0.05) is 36.9 Å². The highest BCUT2D eigenvalue weighted by Crippen LogP contribution is 2.29. The van der Waals surface area contributed by atoms with Gasteiger partial charge in [-0.3, -0.25) is 0 Å². The van der Waals surface area contributed by atoms with Crippen LogP contribution in [0, 0.1) is 0 Å². The van der Waals surface area contributed by atoms with Crippen LogP contribution in [0.15, 0.2) is 18.2 Å². The molecular weight excluding hydrogens is 262 g/mol. The molecule has 1 fully saturated rings. The molecular formula is C15H22ClNO2. The fraction of sp³-hybridized carbons (Fsp3) is 0.600. The Bertz CT molecular complexity index is 417. The van der Waals surface area contributed by atoms with Gasteiger partial charge >= 0.3 is 0 Å². The van der Waals surface area contributed by atoms with Gasteiger partial charge in [0.1, 0.15) is 5.75 Å². The third-order valence-corrected chi connectivity index (χ3v) is 4.19. The summed E-state index contributed by atoms with van der Waals surface area (Å²) in [6, 6.07) is 5.63. The summed E-state index contributed by atoms with van der Waals surface area (Å²) in [4.78, 5) is 0. The molecule has 4 heteroatoms. The average Bonchev–Trinajstić information content (AvgIpc) is 2.41. The molecule has 2 N–H and O–H groups in total. The van der Waals surface area contributed by atoms with E-state index in [4.69, 9.17) is 16.3 Å². The van der Waals surface area contributed by atoms with Crippen LogP contribution in [-0.4, -0.2) is 24.4 Å². The lowest BCUT2D eigenvalue weighted by Gasteiger charge is -2.32. The lowest BCUT2D eigenvalue weighted by molar-refractivity contribution is 0.00464. The maximum Gasteiger partial charge on any atom is 0.124 e. The number of aliphatic hydroxyl groups is 1. The Morgan fingerprint density at radius 1 is 1.32 bits per heavy atom. The van der Waals surface area contributed by atoms with Crippen LogP contribution in [0.5, 0.6) is 5.75 Å². The first-order valence-corrected chi connectivity index (χ1v) is 7.27. The maximum absolute atomic E-state index is 10.4. The SMILES string of the molecule is COc1cccc(Cl)c1CNCC1(O)CCCCC1. The summed E-state index contributed by atoms with van der Waals surface area (Å²) >= 11 is 6.18. The summed E-state index contributed by atoms with van der Waals surface area (Å²) < 4.78 is 5.31. The van der Waals surface area contributed by atoms with Crippen molar-refractivity contribution in [2.45, 2.75) is 44.2 Å². The fourth-order valence-electron chi connectivity index (χ4n) is 2.71. The van der Waals surface area contributed by atoms with E-state index in [0.717, 1.165) is 37.0 Å². The molecule has 0 radical (unpaired) electrons. The van der Waals surface area contributed by atoms with Gasteiger partial charge in [-0.05, 0) is 25.0 Å². The number of hydrogen-bond donors (Lipinski definition) is 2. The van der Waals surface area contributed by atoms with E-state index in [0.29, 0.717) is 18.1 Å². The molecule has 0 heterocycles. The molecule has 0 atom stereocenters. The van der Waals surface area contributed by atoms with Crippen molar-refractivity contribution in [2.24, 2.45) is 0 Å². The summed E-state index contributed by atoms with van der Waals surface area (Å²) in [5.41, 5.74) is 0.401. The molecule has 1 saturated carbocycles. The fourth-order valence-corrected chi connectivity index (χ4v) is 2.94. The van der Waals surface area contributed by atoms with Gasteiger partial charge < -0.3 is 15.2 Å². The van der Waals surface area contributed by atoms with Crippen molar-refractivity contribution in [1.29, 1.82) is 0 Å². The normalized spacial score (nSPS) is 18.3. The number of rotatable bonds is 5. The number of methoxy groups -OCH3 is 1. The van der Waals surface area contributed by atoms with E-state index in [1.165, 1.54) is 6.42 Å². The lowest BCUT2D eigenvalue weighted by atomic mass is 9.85. The van der Waals surface area contributed by atoms with E-state index < -0.39 is 5.60 Å². The highest BCUT2D eigenvalue weighted by Gasteiger charge is 2.28. The first-order chi connectivity index (χ1) is 9.14. The monoisotopic (exact) mass is 283 g/mol. The number of benzene rings is 1. The Morgan fingerprint density at radius 2 is 2.05 bits per heavy atom. The van der Waals surface area contributed by atoms with Crippen LogP contribution in [0.1, 0.15) is 37.7 Å². The maximum atomic E-state index is 10.4. The van der Waals surface area contributed by atoms with Gasteiger partial charge in [0.15, 0.2) is 0 Å². The van der Waals surface area contributed by atoms with E-state index >= 15 is 0 Å². The van der Waals surface area contributed by atoms with Crippen LogP contribution in [0.2, 0.25) is 5.02 Å². The van der Waals surface area contributed by atoms with Crippen molar-refractivity contribution < 1.29 is 9.84 Å².